The number of unbranched alkanes of at least 4 members (excludes halogenated alkanes) is 7. The first-order valence-electron chi connectivity index (χ1n) is 14.9. The highest BCUT2D eigenvalue weighted by atomic mass is 19.4. The molecule has 0 aromatic heterocycles. The van der Waals surface area contributed by atoms with Crippen molar-refractivity contribution in [3.63, 3.8) is 0 Å². The Morgan fingerprint density at radius 2 is 1.59 bits per heavy atom. The molecule has 3 aromatic carbocycles. The molecule has 1 heterocycles. The SMILES string of the molecule is O=C(O)c1cc(C(F)(F)F)ccc1OCCCCCCCCCC[C@H]1CCN1c1cccc2c1Cc1ccccc1-2. The monoisotopic (exact) mass is 565 g/mol. The fraction of sp³-hybridized carbons (Fsp3) is 0.441. The van der Waals surface area contributed by atoms with Crippen molar-refractivity contribution in [1.29, 1.82) is 0 Å². The molecule has 5 rings (SSSR count). The molecule has 1 aliphatic carbocycles. The molecule has 0 radical (unpaired) electrons. The first-order chi connectivity index (χ1) is 19.8. The Labute approximate surface area is 240 Å². The Hall–Kier alpha value is -3.48. The molecule has 0 unspecified atom stereocenters. The minimum Gasteiger partial charge on any atom is -0.493 e. The number of anilines is 1. The maximum absolute atomic E-state index is 12.9. The van der Waals surface area contributed by atoms with Gasteiger partial charge in [-0.25, -0.2) is 4.79 Å². The molecule has 2 aliphatic rings. The van der Waals surface area contributed by atoms with Gasteiger partial charge in [0, 0.05) is 24.7 Å². The summed E-state index contributed by atoms with van der Waals surface area (Å²) in [4.78, 5) is 14.0. The molecular weight excluding hydrogens is 527 g/mol. The second kappa shape index (κ2) is 13.0. The van der Waals surface area contributed by atoms with Crippen LogP contribution in [0, 0.1) is 0 Å². The summed E-state index contributed by atoms with van der Waals surface area (Å²) >= 11 is 0. The second-order valence-electron chi connectivity index (χ2n) is 11.3. The van der Waals surface area contributed by atoms with Crippen LogP contribution < -0.4 is 9.64 Å². The van der Waals surface area contributed by atoms with Crippen molar-refractivity contribution in [3.8, 4) is 16.9 Å². The number of fused-ring (bicyclic) bond motifs is 3. The van der Waals surface area contributed by atoms with Crippen LogP contribution in [0.25, 0.3) is 11.1 Å². The standard InChI is InChI=1S/C34H38F3NO3/c35-34(36,37)25-17-18-32(30(23-25)33(39)40)41-21-10-6-4-2-1-3-5-7-13-26-19-20-38(26)31-16-11-15-28-27-14-9-8-12-24(27)22-29(28)31/h8-9,11-12,14-18,23,26H,1-7,10,13,19-22H2,(H,39,40)/t26-/m0/s1. The van der Waals surface area contributed by atoms with Gasteiger partial charge in [0.25, 0.3) is 0 Å². The maximum Gasteiger partial charge on any atom is 0.416 e. The van der Waals surface area contributed by atoms with E-state index < -0.39 is 23.3 Å². The van der Waals surface area contributed by atoms with Crippen molar-refractivity contribution >= 4 is 11.7 Å². The third kappa shape index (κ3) is 6.88. The van der Waals surface area contributed by atoms with Crippen LogP contribution in [0.2, 0.25) is 0 Å². The molecular formula is C34H38F3NO3. The van der Waals surface area contributed by atoms with Crippen LogP contribution in [0.5, 0.6) is 5.75 Å². The van der Waals surface area contributed by atoms with Crippen molar-refractivity contribution < 1.29 is 27.8 Å². The van der Waals surface area contributed by atoms with Gasteiger partial charge >= 0.3 is 12.1 Å². The molecule has 0 amide bonds. The molecule has 41 heavy (non-hydrogen) atoms. The van der Waals surface area contributed by atoms with Crippen LogP contribution in [0.1, 0.15) is 91.3 Å². The van der Waals surface area contributed by atoms with Crippen LogP contribution in [-0.2, 0) is 12.6 Å². The fourth-order valence-corrected chi connectivity index (χ4v) is 6.19. The summed E-state index contributed by atoms with van der Waals surface area (Å²) in [6, 6.07) is 18.8. The first-order valence-corrected chi connectivity index (χ1v) is 14.9. The Kier molecular flexibility index (Phi) is 9.21. The molecule has 0 saturated carbocycles. The molecule has 218 valence electrons. The minimum absolute atomic E-state index is 0.0164. The van der Waals surface area contributed by atoms with Gasteiger partial charge in [-0.2, -0.15) is 13.2 Å². The quantitative estimate of drug-likeness (QED) is 0.155. The Bertz CT molecular complexity index is 1350. The number of carboxylic acids is 1. The van der Waals surface area contributed by atoms with E-state index in [1.54, 1.807) is 0 Å². The van der Waals surface area contributed by atoms with E-state index >= 15 is 0 Å². The number of carboxylic acid groups (broad SMARTS) is 1. The number of alkyl halides is 3. The number of aromatic carboxylic acids is 1. The van der Waals surface area contributed by atoms with E-state index in [0.29, 0.717) is 18.7 Å². The van der Waals surface area contributed by atoms with Gasteiger partial charge in [0.2, 0.25) is 0 Å². The van der Waals surface area contributed by atoms with Crippen molar-refractivity contribution in [1.82, 2.24) is 0 Å². The Balaban J connectivity index is 0.943. The summed E-state index contributed by atoms with van der Waals surface area (Å²) < 4.78 is 44.1. The highest BCUT2D eigenvalue weighted by Gasteiger charge is 2.33. The highest BCUT2D eigenvalue weighted by Crippen LogP contribution is 2.43. The van der Waals surface area contributed by atoms with E-state index in [0.717, 1.165) is 50.8 Å². The number of nitrogens with zero attached hydrogens (tertiary/aromatic N) is 1. The minimum atomic E-state index is -4.59. The molecule has 1 N–H and O–H groups in total. The van der Waals surface area contributed by atoms with Crippen molar-refractivity contribution in [2.24, 2.45) is 0 Å². The lowest BCUT2D eigenvalue weighted by Gasteiger charge is -2.44. The summed E-state index contributed by atoms with van der Waals surface area (Å²) in [5.41, 5.74) is 5.70. The zero-order valence-corrected chi connectivity index (χ0v) is 23.4. The number of ether oxygens (including phenoxy) is 1. The van der Waals surface area contributed by atoms with Gasteiger partial charge < -0.3 is 14.7 Å². The predicted octanol–water partition coefficient (Wildman–Crippen LogP) is 9.14. The van der Waals surface area contributed by atoms with E-state index in [9.17, 15) is 23.1 Å². The van der Waals surface area contributed by atoms with Gasteiger partial charge in [0.15, 0.2) is 0 Å². The molecule has 1 aliphatic heterocycles. The molecule has 3 aromatic rings. The number of halogens is 3. The first kappa shape index (κ1) is 29.0. The van der Waals surface area contributed by atoms with E-state index in [1.165, 1.54) is 66.5 Å². The van der Waals surface area contributed by atoms with Gasteiger partial charge in [0.1, 0.15) is 11.3 Å². The number of benzene rings is 3. The molecule has 1 atom stereocenters. The molecule has 7 heteroatoms. The zero-order valence-electron chi connectivity index (χ0n) is 23.4. The van der Waals surface area contributed by atoms with Crippen LogP contribution in [0.3, 0.4) is 0 Å². The molecule has 1 fully saturated rings. The molecule has 4 nitrogen and oxygen atoms in total. The van der Waals surface area contributed by atoms with Gasteiger partial charge in [-0.3, -0.25) is 0 Å². The highest BCUT2D eigenvalue weighted by molar-refractivity contribution is 5.91. The summed E-state index contributed by atoms with van der Waals surface area (Å²) in [5.74, 6) is -1.44. The zero-order chi connectivity index (χ0) is 28.8. The summed E-state index contributed by atoms with van der Waals surface area (Å²) in [6.45, 7) is 1.44. The summed E-state index contributed by atoms with van der Waals surface area (Å²) in [7, 11) is 0. The van der Waals surface area contributed by atoms with E-state index in [2.05, 4.69) is 47.4 Å². The smallest absolute Gasteiger partial charge is 0.416 e. The molecule has 0 spiro atoms. The van der Waals surface area contributed by atoms with Crippen LogP contribution >= 0.6 is 0 Å². The van der Waals surface area contributed by atoms with Crippen LogP contribution in [-0.4, -0.2) is 30.3 Å². The van der Waals surface area contributed by atoms with Crippen molar-refractivity contribution in [2.45, 2.75) is 82.8 Å². The third-order valence-corrected chi connectivity index (χ3v) is 8.51. The third-order valence-electron chi connectivity index (χ3n) is 8.51. The van der Waals surface area contributed by atoms with Gasteiger partial charge in [-0.05, 0) is 65.8 Å². The lowest BCUT2D eigenvalue weighted by molar-refractivity contribution is -0.137. The topological polar surface area (TPSA) is 49.8 Å². The van der Waals surface area contributed by atoms with E-state index in [1.807, 2.05) is 0 Å². The van der Waals surface area contributed by atoms with E-state index in [-0.39, 0.29) is 5.75 Å². The summed E-state index contributed by atoms with van der Waals surface area (Å²) in [6.07, 6.45) is 7.81. The maximum atomic E-state index is 12.9. The number of hydrogen-bond donors (Lipinski definition) is 1. The molecule has 1 saturated heterocycles. The van der Waals surface area contributed by atoms with Gasteiger partial charge in [0.05, 0.1) is 12.2 Å². The van der Waals surface area contributed by atoms with E-state index in [4.69, 9.17) is 4.74 Å². The Morgan fingerprint density at radius 3 is 2.29 bits per heavy atom. The summed E-state index contributed by atoms with van der Waals surface area (Å²) in [5, 5.41) is 9.24. The van der Waals surface area contributed by atoms with Crippen LogP contribution in [0.4, 0.5) is 18.9 Å². The van der Waals surface area contributed by atoms with Gasteiger partial charge in [-0.1, -0.05) is 81.3 Å². The van der Waals surface area contributed by atoms with Crippen LogP contribution in [0.15, 0.2) is 60.7 Å². The number of rotatable bonds is 14. The normalized spacial score (nSPS) is 15.8. The lowest BCUT2D eigenvalue weighted by atomic mass is 9.93. The fourth-order valence-electron chi connectivity index (χ4n) is 6.19. The lowest BCUT2D eigenvalue weighted by Crippen LogP contribution is -2.48. The molecule has 0 bridgehead atoms. The van der Waals surface area contributed by atoms with Gasteiger partial charge in [-0.15, -0.1) is 0 Å². The second-order valence-corrected chi connectivity index (χ2v) is 11.3. The predicted molar refractivity (Wildman–Crippen MR) is 156 cm³/mol. The number of carbonyl (C=O) groups is 1. The largest absolute Gasteiger partial charge is 0.493 e. The number of hydrogen-bond acceptors (Lipinski definition) is 3. The Morgan fingerprint density at radius 1 is 0.878 bits per heavy atom. The van der Waals surface area contributed by atoms with Crippen molar-refractivity contribution in [3.05, 3.63) is 82.9 Å². The average molecular weight is 566 g/mol. The van der Waals surface area contributed by atoms with Crippen molar-refractivity contribution in [2.75, 3.05) is 18.1 Å². The average Bonchev–Trinajstić information content (AvgIpc) is 3.32.